The van der Waals surface area contributed by atoms with Gasteiger partial charge in [0.25, 0.3) is 0 Å². The summed E-state index contributed by atoms with van der Waals surface area (Å²) in [6.07, 6.45) is -0.696. The predicted octanol–water partition coefficient (Wildman–Crippen LogP) is -1.26. The lowest BCUT2D eigenvalue weighted by Crippen LogP contribution is -2.44. The fourth-order valence-electron chi connectivity index (χ4n) is 0.546. The molecule has 2 amide bonds. The summed E-state index contributed by atoms with van der Waals surface area (Å²) in [5.41, 5.74) is 4.60. The van der Waals surface area contributed by atoms with E-state index >= 15 is 0 Å². The summed E-state index contributed by atoms with van der Waals surface area (Å²) in [6, 6.07) is -2.54. The van der Waals surface area contributed by atoms with E-state index in [2.05, 4.69) is 5.73 Å². The van der Waals surface area contributed by atoms with Crippen LogP contribution in [0.15, 0.2) is 0 Å². The topological polar surface area (TPSA) is 165 Å². The first-order valence-electron chi connectivity index (χ1n) is 2.94. The highest BCUT2D eigenvalue weighted by Gasteiger charge is 2.21. The van der Waals surface area contributed by atoms with Crippen molar-refractivity contribution in [1.29, 1.82) is 0 Å². The molecule has 0 aliphatic carbocycles. The van der Waals surface area contributed by atoms with Crippen LogP contribution in [0.3, 0.4) is 0 Å². The highest BCUT2D eigenvalue weighted by molar-refractivity contribution is 5.85. The molecule has 1 unspecified atom stereocenters. The van der Waals surface area contributed by atoms with Crippen molar-refractivity contribution in [3.8, 4) is 0 Å². The highest BCUT2D eigenvalue weighted by atomic mass is 16.4. The molecule has 0 bridgehead atoms. The van der Waals surface area contributed by atoms with Gasteiger partial charge in [-0.05, 0) is 0 Å². The highest BCUT2D eigenvalue weighted by Crippen LogP contribution is 1.91. The molecular weight excluding hydrogens is 182 g/mol. The van der Waals surface area contributed by atoms with E-state index in [4.69, 9.17) is 10.2 Å². The summed E-state index contributed by atoms with van der Waals surface area (Å²) in [4.78, 5) is 30.4. The van der Waals surface area contributed by atoms with Crippen molar-refractivity contribution in [1.82, 2.24) is 11.5 Å². The maximum absolute atomic E-state index is 10.2. The number of rotatable bonds is 4. The monoisotopic (exact) mass is 193 g/mol. The van der Waals surface area contributed by atoms with Gasteiger partial charge >= 0.3 is 18.0 Å². The van der Waals surface area contributed by atoms with Gasteiger partial charge in [0, 0.05) is 0 Å². The van der Waals surface area contributed by atoms with E-state index in [0.717, 1.165) is 0 Å². The lowest BCUT2D eigenvalue weighted by Gasteiger charge is -2.08. The minimum absolute atomic E-state index is 0. The van der Waals surface area contributed by atoms with Crippen molar-refractivity contribution < 1.29 is 24.6 Å². The molecule has 1 atom stereocenters. The molecule has 0 fully saturated rings. The Hall–Kier alpha value is -1.83. The van der Waals surface area contributed by atoms with Crippen LogP contribution in [0.4, 0.5) is 4.79 Å². The second-order valence-corrected chi connectivity index (χ2v) is 2.00. The number of nitrogens with one attached hydrogen (secondary N) is 1. The Morgan fingerprint density at radius 2 is 1.77 bits per heavy atom. The summed E-state index contributed by atoms with van der Waals surface area (Å²) >= 11 is 0. The van der Waals surface area contributed by atoms with Crippen molar-refractivity contribution in [2.75, 3.05) is 0 Å². The molecule has 8 heteroatoms. The summed E-state index contributed by atoms with van der Waals surface area (Å²) in [7, 11) is 0. The molecule has 0 aliphatic rings. The number of nitrogens with two attached hydrogens (primary N) is 1. The van der Waals surface area contributed by atoms with E-state index in [-0.39, 0.29) is 6.15 Å². The van der Waals surface area contributed by atoms with Gasteiger partial charge in [0.15, 0.2) is 0 Å². The van der Waals surface area contributed by atoms with Crippen LogP contribution in [0.1, 0.15) is 6.42 Å². The maximum Gasteiger partial charge on any atom is 0.326 e. The minimum Gasteiger partial charge on any atom is -0.481 e. The van der Waals surface area contributed by atoms with E-state index in [9.17, 15) is 14.4 Å². The number of aliphatic carboxylic acids is 2. The van der Waals surface area contributed by atoms with Crippen LogP contribution in [-0.2, 0) is 9.59 Å². The van der Waals surface area contributed by atoms with Gasteiger partial charge in [-0.1, -0.05) is 0 Å². The summed E-state index contributed by atoms with van der Waals surface area (Å²) in [6.45, 7) is 0. The van der Waals surface area contributed by atoms with Gasteiger partial charge in [-0.2, -0.15) is 0 Å². The van der Waals surface area contributed by atoms with Crippen molar-refractivity contribution >= 4 is 18.0 Å². The molecule has 0 aliphatic heterocycles. The molecule has 0 saturated carbocycles. The van der Waals surface area contributed by atoms with E-state index in [1.165, 1.54) is 0 Å². The third-order valence-corrected chi connectivity index (χ3v) is 0.993. The quantitative estimate of drug-likeness (QED) is 0.374. The van der Waals surface area contributed by atoms with Gasteiger partial charge in [0.2, 0.25) is 0 Å². The zero-order valence-corrected chi connectivity index (χ0v) is 6.69. The predicted molar refractivity (Wildman–Crippen MR) is 41.4 cm³/mol. The number of carbonyl (C=O) groups excluding carboxylic acids is 1. The number of urea groups is 1. The number of carboxylic acid groups (broad SMARTS) is 2. The van der Waals surface area contributed by atoms with Crippen LogP contribution >= 0.6 is 0 Å². The fourth-order valence-corrected chi connectivity index (χ4v) is 0.546. The van der Waals surface area contributed by atoms with Crippen LogP contribution < -0.4 is 17.2 Å². The normalized spacial score (nSPS) is 10.8. The largest absolute Gasteiger partial charge is 0.481 e. The van der Waals surface area contributed by atoms with E-state index in [0.29, 0.717) is 0 Å². The van der Waals surface area contributed by atoms with Gasteiger partial charge in [-0.15, -0.1) is 0 Å². The van der Waals surface area contributed by atoms with E-state index in [1.54, 1.807) is 5.32 Å². The molecule has 0 aromatic rings. The van der Waals surface area contributed by atoms with Crippen molar-refractivity contribution in [3.63, 3.8) is 0 Å². The van der Waals surface area contributed by atoms with Gasteiger partial charge in [0.1, 0.15) is 6.04 Å². The van der Waals surface area contributed by atoms with Gasteiger partial charge in [0.05, 0.1) is 6.42 Å². The molecule has 13 heavy (non-hydrogen) atoms. The average molecular weight is 193 g/mol. The van der Waals surface area contributed by atoms with E-state index in [1.807, 2.05) is 0 Å². The van der Waals surface area contributed by atoms with Gasteiger partial charge < -0.3 is 27.4 Å². The minimum atomic E-state index is -1.47. The number of amides is 2. The summed E-state index contributed by atoms with van der Waals surface area (Å²) in [5.74, 6) is -2.76. The Kier molecular flexibility index (Phi) is 6.10. The number of hydrogen-bond acceptors (Lipinski definition) is 4. The number of primary amides is 1. The van der Waals surface area contributed by atoms with Crippen LogP contribution in [0.2, 0.25) is 0 Å². The SMILES string of the molecule is N.NC(=O)NC(CC(=O)O)C(=O)O. The van der Waals surface area contributed by atoms with Crippen molar-refractivity contribution in [3.05, 3.63) is 0 Å². The standard InChI is InChI=1S/C5H8N2O5.H3N/c6-5(12)7-2(4(10)11)1-3(8)9;/h2H,1H2,(H,8,9)(H,10,11)(H3,6,7,12);1H3. The maximum atomic E-state index is 10.2. The van der Waals surface area contributed by atoms with E-state index < -0.39 is 30.4 Å². The van der Waals surface area contributed by atoms with Crippen LogP contribution in [0.25, 0.3) is 0 Å². The Labute approximate surface area is 73.3 Å². The summed E-state index contributed by atoms with van der Waals surface area (Å²) < 4.78 is 0. The number of carboxylic acids is 2. The second kappa shape index (κ2) is 5.77. The van der Waals surface area contributed by atoms with Gasteiger partial charge in [-0.25, -0.2) is 9.59 Å². The first-order chi connectivity index (χ1) is 5.43. The Bertz CT molecular complexity index is 200. The third-order valence-electron chi connectivity index (χ3n) is 0.993. The molecule has 0 heterocycles. The van der Waals surface area contributed by atoms with Crippen LogP contribution in [0.5, 0.6) is 0 Å². The Morgan fingerprint density at radius 1 is 1.31 bits per heavy atom. The lowest BCUT2D eigenvalue weighted by atomic mass is 10.2. The third kappa shape index (κ3) is 6.56. The molecule has 0 saturated heterocycles. The molecular formula is C5H11N3O5. The van der Waals surface area contributed by atoms with Gasteiger partial charge in [-0.3, -0.25) is 4.79 Å². The average Bonchev–Trinajstić information content (AvgIpc) is 1.83. The second-order valence-electron chi connectivity index (χ2n) is 2.00. The molecule has 0 spiro atoms. The fraction of sp³-hybridized carbons (Fsp3) is 0.400. The van der Waals surface area contributed by atoms with Crippen molar-refractivity contribution in [2.45, 2.75) is 12.5 Å². The number of hydrogen-bond donors (Lipinski definition) is 5. The smallest absolute Gasteiger partial charge is 0.326 e. The summed E-state index contributed by atoms with van der Waals surface area (Å²) in [5, 5.41) is 18.3. The Balaban J connectivity index is 0. The Morgan fingerprint density at radius 3 is 2.00 bits per heavy atom. The molecule has 76 valence electrons. The zero-order valence-electron chi connectivity index (χ0n) is 6.69. The molecule has 0 aromatic heterocycles. The zero-order chi connectivity index (χ0) is 9.72. The number of carbonyl (C=O) groups is 3. The van der Waals surface area contributed by atoms with Crippen LogP contribution in [0, 0.1) is 0 Å². The van der Waals surface area contributed by atoms with Crippen LogP contribution in [-0.4, -0.2) is 34.2 Å². The molecule has 0 radical (unpaired) electrons. The first kappa shape index (κ1) is 13.7. The molecule has 0 aromatic carbocycles. The lowest BCUT2D eigenvalue weighted by molar-refractivity contribution is -0.145. The molecule has 8 nitrogen and oxygen atoms in total. The molecule has 8 N–H and O–H groups in total. The van der Waals surface area contributed by atoms with Crippen molar-refractivity contribution in [2.24, 2.45) is 5.73 Å². The first-order valence-corrected chi connectivity index (χ1v) is 2.94. The molecule has 0 rings (SSSR count).